The molecule has 0 radical (unpaired) electrons. The lowest BCUT2D eigenvalue weighted by atomic mass is 10.0. The lowest BCUT2D eigenvalue weighted by molar-refractivity contribution is -0.137. The zero-order chi connectivity index (χ0) is 20.1. The van der Waals surface area contributed by atoms with Gasteiger partial charge in [-0.25, -0.2) is 0 Å². The number of hydrogen-bond acceptors (Lipinski definition) is 1. The Morgan fingerprint density at radius 2 is 1.46 bits per heavy atom. The maximum atomic E-state index is 12.9. The van der Waals surface area contributed by atoms with Crippen LogP contribution in [0.1, 0.15) is 16.7 Å². The minimum Gasteiger partial charge on any atom is -0.322 e. The SMILES string of the molecule is O=C(Nc1ccc(C(F)(F)F)cc1)/C(=C/c1ccccc1Cl)c1ccccc1. The fourth-order valence-electron chi connectivity index (χ4n) is 2.59. The lowest BCUT2D eigenvalue weighted by Gasteiger charge is -2.12. The summed E-state index contributed by atoms with van der Waals surface area (Å²) in [6.07, 6.45) is -2.78. The number of nitrogens with one attached hydrogen (secondary N) is 1. The molecule has 0 aliphatic heterocycles. The molecule has 0 bridgehead atoms. The van der Waals surface area contributed by atoms with Crippen molar-refractivity contribution in [3.8, 4) is 0 Å². The Labute approximate surface area is 165 Å². The minimum absolute atomic E-state index is 0.263. The molecule has 3 aromatic carbocycles. The van der Waals surface area contributed by atoms with Gasteiger partial charge >= 0.3 is 6.18 Å². The molecule has 0 aromatic heterocycles. The van der Waals surface area contributed by atoms with Crippen molar-refractivity contribution in [1.29, 1.82) is 0 Å². The second kappa shape index (κ2) is 8.31. The highest BCUT2D eigenvalue weighted by atomic mass is 35.5. The van der Waals surface area contributed by atoms with Crippen LogP contribution in [-0.2, 0) is 11.0 Å². The molecule has 6 heteroatoms. The largest absolute Gasteiger partial charge is 0.416 e. The van der Waals surface area contributed by atoms with Crippen molar-refractivity contribution in [2.75, 3.05) is 5.32 Å². The summed E-state index contributed by atoms with van der Waals surface area (Å²) in [5.41, 5.74) is 1.14. The van der Waals surface area contributed by atoms with E-state index in [4.69, 9.17) is 11.6 Å². The van der Waals surface area contributed by atoms with Crippen molar-refractivity contribution in [2.45, 2.75) is 6.18 Å². The number of benzene rings is 3. The van der Waals surface area contributed by atoms with Crippen LogP contribution in [-0.4, -0.2) is 5.91 Å². The van der Waals surface area contributed by atoms with Gasteiger partial charge in [0.25, 0.3) is 5.91 Å². The van der Waals surface area contributed by atoms with Crippen LogP contribution in [0.25, 0.3) is 11.6 Å². The Hall–Kier alpha value is -3.05. The van der Waals surface area contributed by atoms with Crippen LogP contribution in [0.3, 0.4) is 0 Å². The second-order valence-electron chi connectivity index (χ2n) is 5.97. The van der Waals surface area contributed by atoms with Gasteiger partial charge in [0.05, 0.1) is 5.56 Å². The molecule has 0 aliphatic rings. The van der Waals surface area contributed by atoms with Crippen LogP contribution in [0.5, 0.6) is 0 Å². The van der Waals surface area contributed by atoms with Crippen molar-refractivity contribution in [3.63, 3.8) is 0 Å². The van der Waals surface area contributed by atoms with Gasteiger partial charge < -0.3 is 5.32 Å². The molecule has 3 rings (SSSR count). The first-order valence-corrected chi connectivity index (χ1v) is 8.72. The molecule has 1 amide bonds. The number of halogens is 4. The summed E-state index contributed by atoms with van der Waals surface area (Å²) < 4.78 is 38.1. The third-order valence-corrected chi connectivity index (χ3v) is 4.35. The smallest absolute Gasteiger partial charge is 0.322 e. The van der Waals surface area contributed by atoms with Gasteiger partial charge in [0.1, 0.15) is 0 Å². The molecule has 0 spiro atoms. The molecule has 0 atom stereocenters. The topological polar surface area (TPSA) is 29.1 Å². The summed E-state index contributed by atoms with van der Waals surface area (Å²) in [5.74, 6) is -0.453. The van der Waals surface area contributed by atoms with Gasteiger partial charge in [-0.05, 0) is 47.5 Å². The Kier molecular flexibility index (Phi) is 5.85. The number of carbonyl (C=O) groups excluding carboxylic acids is 1. The average Bonchev–Trinajstić information content (AvgIpc) is 2.67. The molecule has 0 unspecified atom stereocenters. The third-order valence-electron chi connectivity index (χ3n) is 4.00. The molecule has 0 aliphatic carbocycles. The maximum absolute atomic E-state index is 12.9. The molecule has 28 heavy (non-hydrogen) atoms. The van der Waals surface area contributed by atoms with Crippen LogP contribution in [0.15, 0.2) is 78.9 Å². The molecule has 2 nitrogen and oxygen atoms in total. The van der Waals surface area contributed by atoms with Crippen molar-refractivity contribution < 1.29 is 18.0 Å². The van der Waals surface area contributed by atoms with Gasteiger partial charge in [-0.2, -0.15) is 13.2 Å². The summed E-state index contributed by atoms with van der Waals surface area (Å²) in [7, 11) is 0. The zero-order valence-corrected chi connectivity index (χ0v) is 15.3. The van der Waals surface area contributed by atoms with E-state index in [1.54, 1.807) is 54.6 Å². The molecule has 142 valence electrons. The van der Waals surface area contributed by atoms with E-state index in [2.05, 4.69) is 5.32 Å². The quantitative estimate of drug-likeness (QED) is 0.390. The Balaban J connectivity index is 1.93. The molecule has 0 saturated carbocycles. The van der Waals surface area contributed by atoms with Crippen LogP contribution in [0.2, 0.25) is 5.02 Å². The van der Waals surface area contributed by atoms with Crippen LogP contribution in [0, 0.1) is 0 Å². The van der Waals surface area contributed by atoms with Crippen molar-refractivity contribution in [3.05, 3.63) is 101 Å². The predicted octanol–water partition coefficient (Wildman–Crippen LogP) is 6.54. The molecule has 0 saturated heterocycles. The van der Waals surface area contributed by atoms with E-state index in [0.717, 1.165) is 12.1 Å². The normalized spacial score (nSPS) is 11.9. The first kappa shape index (κ1) is 19.7. The lowest BCUT2D eigenvalue weighted by Crippen LogP contribution is -2.14. The number of amides is 1. The van der Waals surface area contributed by atoms with Crippen molar-refractivity contribution in [2.24, 2.45) is 0 Å². The minimum atomic E-state index is -4.43. The number of carbonyl (C=O) groups is 1. The molecule has 1 N–H and O–H groups in total. The first-order chi connectivity index (χ1) is 13.3. The summed E-state index contributed by atoms with van der Waals surface area (Å²) in [5, 5.41) is 3.13. The second-order valence-corrected chi connectivity index (χ2v) is 6.38. The summed E-state index contributed by atoms with van der Waals surface area (Å²) in [6.45, 7) is 0. The van der Waals surface area contributed by atoms with Crippen molar-refractivity contribution >= 4 is 34.8 Å². The van der Waals surface area contributed by atoms with E-state index in [9.17, 15) is 18.0 Å². The van der Waals surface area contributed by atoms with Crippen LogP contribution in [0.4, 0.5) is 18.9 Å². The van der Waals surface area contributed by atoms with Gasteiger partial charge in [0.2, 0.25) is 0 Å². The van der Waals surface area contributed by atoms with E-state index >= 15 is 0 Å². The zero-order valence-electron chi connectivity index (χ0n) is 14.5. The standard InChI is InChI=1S/C22H15ClF3NO/c23-20-9-5-4-8-16(20)14-19(15-6-2-1-3-7-15)21(28)27-18-12-10-17(11-13-18)22(24,25)26/h1-14H,(H,27,28)/b19-14+. The van der Waals surface area contributed by atoms with E-state index < -0.39 is 17.6 Å². The Morgan fingerprint density at radius 3 is 2.07 bits per heavy atom. The number of anilines is 1. The maximum Gasteiger partial charge on any atom is 0.416 e. The van der Waals surface area contributed by atoms with Crippen LogP contribution >= 0.6 is 11.6 Å². The summed E-state index contributed by atoms with van der Waals surface area (Å²) >= 11 is 6.20. The molecular formula is C22H15ClF3NO. The third kappa shape index (κ3) is 4.81. The van der Waals surface area contributed by atoms with E-state index in [0.29, 0.717) is 21.7 Å². The summed E-state index contributed by atoms with van der Waals surface area (Å²) in [4.78, 5) is 12.9. The first-order valence-electron chi connectivity index (χ1n) is 8.35. The fourth-order valence-corrected chi connectivity index (χ4v) is 2.78. The van der Waals surface area contributed by atoms with E-state index in [1.807, 2.05) is 6.07 Å². The number of rotatable bonds is 4. The van der Waals surface area contributed by atoms with Gasteiger partial charge in [-0.1, -0.05) is 60.1 Å². The Morgan fingerprint density at radius 1 is 0.857 bits per heavy atom. The highest BCUT2D eigenvalue weighted by Gasteiger charge is 2.30. The highest BCUT2D eigenvalue weighted by Crippen LogP contribution is 2.30. The molecule has 0 heterocycles. The highest BCUT2D eigenvalue weighted by molar-refractivity contribution is 6.34. The Bertz CT molecular complexity index is 996. The number of hydrogen-bond donors (Lipinski definition) is 1. The monoisotopic (exact) mass is 401 g/mol. The van der Waals surface area contributed by atoms with Crippen molar-refractivity contribution in [1.82, 2.24) is 0 Å². The number of alkyl halides is 3. The summed E-state index contributed by atoms with van der Waals surface area (Å²) in [6, 6.07) is 20.3. The fraction of sp³-hybridized carbons (Fsp3) is 0.0455. The van der Waals surface area contributed by atoms with Gasteiger partial charge in [-0.15, -0.1) is 0 Å². The molecular weight excluding hydrogens is 387 g/mol. The van der Waals surface area contributed by atoms with Gasteiger partial charge in [-0.3, -0.25) is 4.79 Å². The van der Waals surface area contributed by atoms with E-state index in [1.165, 1.54) is 12.1 Å². The van der Waals surface area contributed by atoms with E-state index in [-0.39, 0.29) is 5.69 Å². The van der Waals surface area contributed by atoms with Gasteiger partial charge in [0, 0.05) is 16.3 Å². The molecule has 0 fully saturated rings. The predicted molar refractivity (Wildman–Crippen MR) is 106 cm³/mol. The molecule has 3 aromatic rings. The van der Waals surface area contributed by atoms with Crippen LogP contribution < -0.4 is 5.32 Å². The average molecular weight is 402 g/mol. The van der Waals surface area contributed by atoms with Gasteiger partial charge in [0.15, 0.2) is 0 Å².